The van der Waals surface area contributed by atoms with E-state index in [0.29, 0.717) is 25.6 Å². The van der Waals surface area contributed by atoms with Crippen molar-refractivity contribution in [2.24, 2.45) is 0 Å². The van der Waals surface area contributed by atoms with Crippen LogP contribution >= 0.6 is 0 Å². The first-order valence-corrected chi connectivity index (χ1v) is 6.18. The lowest BCUT2D eigenvalue weighted by Crippen LogP contribution is -2.06. The van der Waals surface area contributed by atoms with Gasteiger partial charge in [-0.1, -0.05) is 30.3 Å². The van der Waals surface area contributed by atoms with Crippen LogP contribution in [0.15, 0.2) is 48.5 Å². The van der Waals surface area contributed by atoms with Crippen LogP contribution in [0.1, 0.15) is 5.56 Å². The van der Waals surface area contributed by atoms with Crippen molar-refractivity contribution < 1.29 is 14.2 Å². The van der Waals surface area contributed by atoms with Gasteiger partial charge in [-0.3, -0.25) is 0 Å². The maximum Gasteiger partial charge on any atom is 0.131 e. The molecule has 19 heavy (non-hydrogen) atoms. The summed E-state index contributed by atoms with van der Waals surface area (Å²) in [5, 5.41) is 0. The lowest BCUT2D eigenvalue weighted by Gasteiger charge is -2.08. The molecule has 0 heterocycles. The number of benzene rings is 2. The molecule has 0 unspecified atom stereocenters. The molecule has 2 rings (SSSR count). The topological polar surface area (TPSA) is 27.7 Å². The van der Waals surface area contributed by atoms with E-state index < -0.39 is 0 Å². The van der Waals surface area contributed by atoms with Crippen molar-refractivity contribution in [1.82, 2.24) is 0 Å². The first kappa shape index (κ1) is 13.4. The average Bonchev–Trinajstić information content (AvgIpc) is 2.48. The Balaban J connectivity index is 1.66. The van der Waals surface area contributed by atoms with Crippen molar-refractivity contribution in [2.75, 3.05) is 20.3 Å². The lowest BCUT2D eigenvalue weighted by atomic mass is 10.2. The summed E-state index contributed by atoms with van der Waals surface area (Å²) in [4.78, 5) is 0. The van der Waals surface area contributed by atoms with Crippen LogP contribution in [0.25, 0.3) is 0 Å². The quantitative estimate of drug-likeness (QED) is 0.713. The Hall–Kier alpha value is -2.00. The third kappa shape index (κ3) is 4.64. The number of rotatable bonds is 7. The molecule has 0 saturated carbocycles. The van der Waals surface area contributed by atoms with Crippen LogP contribution in [0.5, 0.6) is 11.5 Å². The molecule has 0 spiro atoms. The van der Waals surface area contributed by atoms with E-state index in [0.717, 1.165) is 11.3 Å². The van der Waals surface area contributed by atoms with Crippen LogP contribution in [-0.4, -0.2) is 20.3 Å². The Kier molecular flexibility index (Phi) is 5.26. The predicted molar refractivity (Wildman–Crippen MR) is 73.4 cm³/mol. The first-order valence-electron chi connectivity index (χ1n) is 6.18. The van der Waals surface area contributed by atoms with Crippen LogP contribution in [0, 0.1) is 6.07 Å². The molecule has 99 valence electrons. The van der Waals surface area contributed by atoms with Gasteiger partial charge in [-0.05, 0) is 17.7 Å². The standard InChI is InChI=1S/C16H17O3/c1-17-15-8-5-9-16(12-15)19-11-10-18-13-14-6-3-2-4-7-14/h2-8,12H,10-11,13H2,1H3. The van der Waals surface area contributed by atoms with Gasteiger partial charge in [0.25, 0.3) is 0 Å². The normalized spacial score (nSPS) is 10.2. The lowest BCUT2D eigenvalue weighted by molar-refractivity contribution is 0.0887. The Morgan fingerprint density at radius 3 is 2.68 bits per heavy atom. The van der Waals surface area contributed by atoms with Gasteiger partial charge < -0.3 is 14.2 Å². The van der Waals surface area contributed by atoms with Crippen molar-refractivity contribution in [2.45, 2.75) is 6.61 Å². The van der Waals surface area contributed by atoms with Crippen LogP contribution in [0.3, 0.4) is 0 Å². The monoisotopic (exact) mass is 257 g/mol. The summed E-state index contributed by atoms with van der Waals surface area (Å²) < 4.78 is 16.2. The fraction of sp³-hybridized carbons (Fsp3) is 0.250. The number of hydrogen-bond acceptors (Lipinski definition) is 3. The van der Waals surface area contributed by atoms with E-state index in [1.54, 1.807) is 19.2 Å². The minimum Gasteiger partial charge on any atom is -0.497 e. The molecule has 1 radical (unpaired) electrons. The van der Waals surface area contributed by atoms with Crippen molar-refractivity contribution in [3.8, 4) is 11.5 Å². The molecular weight excluding hydrogens is 240 g/mol. The van der Waals surface area contributed by atoms with Crippen molar-refractivity contribution in [3.05, 3.63) is 60.2 Å². The summed E-state index contributed by atoms with van der Waals surface area (Å²) in [6, 6.07) is 18.5. The molecule has 0 aromatic heterocycles. The van der Waals surface area contributed by atoms with Crippen molar-refractivity contribution >= 4 is 0 Å². The molecule has 0 fully saturated rings. The van der Waals surface area contributed by atoms with Crippen LogP contribution in [0.4, 0.5) is 0 Å². The van der Waals surface area contributed by atoms with E-state index in [2.05, 4.69) is 6.07 Å². The Labute approximate surface area is 113 Å². The second-order valence-electron chi connectivity index (χ2n) is 3.98. The van der Waals surface area contributed by atoms with Gasteiger partial charge in [-0.25, -0.2) is 0 Å². The van der Waals surface area contributed by atoms with Gasteiger partial charge >= 0.3 is 0 Å². The molecule has 2 aromatic carbocycles. The number of ether oxygens (including phenoxy) is 3. The molecule has 0 aliphatic heterocycles. The van der Waals surface area contributed by atoms with Crippen LogP contribution in [-0.2, 0) is 11.3 Å². The molecule has 0 aliphatic carbocycles. The SMILES string of the molecule is COc1cc[c]c(OCCOCc2ccccc2)c1. The highest BCUT2D eigenvalue weighted by atomic mass is 16.5. The van der Waals surface area contributed by atoms with Gasteiger partial charge in [0.05, 0.1) is 20.3 Å². The molecule has 3 heteroatoms. The molecule has 0 saturated heterocycles. The van der Waals surface area contributed by atoms with E-state index in [-0.39, 0.29) is 0 Å². The zero-order chi connectivity index (χ0) is 13.3. The van der Waals surface area contributed by atoms with E-state index in [4.69, 9.17) is 14.2 Å². The van der Waals surface area contributed by atoms with Crippen molar-refractivity contribution in [3.63, 3.8) is 0 Å². The van der Waals surface area contributed by atoms with E-state index in [1.165, 1.54) is 0 Å². The van der Waals surface area contributed by atoms with Crippen LogP contribution in [0.2, 0.25) is 0 Å². The fourth-order valence-corrected chi connectivity index (χ4v) is 1.61. The smallest absolute Gasteiger partial charge is 0.131 e. The Morgan fingerprint density at radius 1 is 1.05 bits per heavy atom. The highest BCUT2D eigenvalue weighted by Gasteiger charge is 1.97. The minimum atomic E-state index is 0.497. The van der Waals surface area contributed by atoms with Gasteiger partial charge in [0.1, 0.15) is 18.1 Å². The van der Waals surface area contributed by atoms with Gasteiger partial charge in [-0.2, -0.15) is 0 Å². The van der Waals surface area contributed by atoms with E-state index in [1.807, 2.05) is 36.4 Å². The maximum absolute atomic E-state index is 5.53. The van der Waals surface area contributed by atoms with Gasteiger partial charge in [-0.15, -0.1) is 0 Å². The summed E-state index contributed by atoms with van der Waals surface area (Å²) in [6.07, 6.45) is 0. The average molecular weight is 257 g/mol. The molecule has 0 aliphatic rings. The minimum absolute atomic E-state index is 0.497. The van der Waals surface area contributed by atoms with E-state index in [9.17, 15) is 0 Å². The summed E-state index contributed by atoms with van der Waals surface area (Å²) in [5.74, 6) is 1.43. The summed E-state index contributed by atoms with van der Waals surface area (Å²) in [5.41, 5.74) is 1.16. The largest absolute Gasteiger partial charge is 0.497 e. The highest BCUT2D eigenvalue weighted by Crippen LogP contribution is 2.17. The zero-order valence-corrected chi connectivity index (χ0v) is 11.0. The van der Waals surface area contributed by atoms with Gasteiger partial charge in [0.2, 0.25) is 0 Å². The molecule has 3 nitrogen and oxygen atoms in total. The predicted octanol–water partition coefficient (Wildman–Crippen LogP) is 3.09. The molecule has 0 N–H and O–H groups in total. The van der Waals surface area contributed by atoms with Gasteiger partial charge in [0.15, 0.2) is 0 Å². The number of methoxy groups -OCH3 is 1. The van der Waals surface area contributed by atoms with Gasteiger partial charge in [0, 0.05) is 12.1 Å². The Bertz CT molecular complexity index is 482. The summed E-state index contributed by atoms with van der Waals surface area (Å²) >= 11 is 0. The highest BCUT2D eigenvalue weighted by molar-refractivity contribution is 5.31. The third-order valence-electron chi connectivity index (χ3n) is 2.58. The second-order valence-corrected chi connectivity index (χ2v) is 3.98. The third-order valence-corrected chi connectivity index (χ3v) is 2.58. The molecule has 0 bridgehead atoms. The molecule has 2 aromatic rings. The second kappa shape index (κ2) is 7.44. The maximum atomic E-state index is 5.53. The first-order chi connectivity index (χ1) is 9.38. The van der Waals surface area contributed by atoms with Crippen molar-refractivity contribution in [1.29, 1.82) is 0 Å². The molecular formula is C16H17O3. The molecule has 0 amide bonds. The Morgan fingerprint density at radius 2 is 1.89 bits per heavy atom. The number of hydrogen-bond donors (Lipinski definition) is 0. The summed E-state index contributed by atoms with van der Waals surface area (Å²) in [7, 11) is 1.63. The van der Waals surface area contributed by atoms with Crippen LogP contribution < -0.4 is 9.47 Å². The fourth-order valence-electron chi connectivity index (χ4n) is 1.61. The summed E-state index contributed by atoms with van der Waals surface area (Å²) in [6.45, 7) is 1.64. The molecule has 0 atom stereocenters. The zero-order valence-electron chi connectivity index (χ0n) is 11.0. The van der Waals surface area contributed by atoms with E-state index >= 15 is 0 Å².